The second-order valence-electron chi connectivity index (χ2n) is 27.5. The molecule has 0 aromatic rings. The lowest BCUT2D eigenvalue weighted by molar-refractivity contribution is -0.368. The monoisotopic (exact) mass is 1080 g/mol. The highest BCUT2D eigenvalue weighted by Gasteiger charge is 2.69. The molecule has 14 fully saturated rings. The summed E-state index contributed by atoms with van der Waals surface area (Å²) in [6.45, 7) is 26.9. The molecule has 15 nitrogen and oxygen atoms in total. The van der Waals surface area contributed by atoms with Gasteiger partial charge in [-0.1, -0.05) is 68.5 Å². The number of fused-ring (bicyclic) bond motifs is 8. The third-order valence-corrected chi connectivity index (χ3v) is 22.0. The first-order valence-corrected chi connectivity index (χ1v) is 30.9. The van der Waals surface area contributed by atoms with E-state index in [1.165, 1.54) is 0 Å². The lowest BCUT2D eigenvalue weighted by Gasteiger charge is -2.56. The molecule has 2 spiro atoms. The first-order valence-electron chi connectivity index (χ1n) is 30.9. The van der Waals surface area contributed by atoms with Gasteiger partial charge in [-0.15, -0.1) is 0 Å². The Bertz CT molecular complexity index is 2220. The summed E-state index contributed by atoms with van der Waals surface area (Å²) in [4.78, 5) is 29.0. The number of hydrogen-bond acceptors (Lipinski definition) is 15. The molecular weight excluding hydrogens is 985 g/mol. The van der Waals surface area contributed by atoms with Gasteiger partial charge in [0, 0.05) is 50.9 Å². The summed E-state index contributed by atoms with van der Waals surface area (Å²) in [6.07, 6.45) is 7.67. The van der Waals surface area contributed by atoms with Crippen LogP contribution < -0.4 is 0 Å². The van der Waals surface area contributed by atoms with Crippen molar-refractivity contribution in [2.24, 2.45) is 41.4 Å². The van der Waals surface area contributed by atoms with E-state index in [1.807, 2.05) is 0 Å². The predicted octanol–water partition coefficient (Wildman–Crippen LogP) is 9.21. The van der Waals surface area contributed by atoms with Crippen LogP contribution in [-0.2, 0) is 71.2 Å². The first-order chi connectivity index (χ1) is 36.9. The molecule has 14 heterocycles. The van der Waals surface area contributed by atoms with E-state index in [4.69, 9.17) is 61.6 Å². The van der Waals surface area contributed by atoms with E-state index in [-0.39, 0.29) is 152 Å². The SMILES string of the molecule is C=C1C[C@@H]2CC[C@@]34C[C@H]5OC6[C@@H](O[C@H]7CC[C@H](CC(=O)O[C@@H]8[C@@H](C)[C@@H]9O[C@H](CC(=O)C[C@@H]%10O[C@@]%11(C[C@H](C)[C@@H]%10C)C[C@H](C)[C@@H]%10O[C@H](CC)[C@H](C)C[C@@H]%10O%11)[C@H](C)C[C@@H]9O[C@H]8C[C@H]8O[C@@H](CC[C@@H]1O2)C[C@@H](C)C8=C)O[C@@H]7[C@@H]6O3)C5O4. The van der Waals surface area contributed by atoms with Gasteiger partial charge in [0.25, 0.3) is 0 Å². The van der Waals surface area contributed by atoms with E-state index >= 15 is 0 Å². The van der Waals surface area contributed by atoms with Gasteiger partial charge in [-0.25, -0.2) is 0 Å². The summed E-state index contributed by atoms with van der Waals surface area (Å²) in [7, 11) is 0. The van der Waals surface area contributed by atoms with Crippen LogP contribution in [-0.4, -0.2) is 152 Å². The molecule has 0 saturated carbocycles. The van der Waals surface area contributed by atoms with Crippen molar-refractivity contribution in [3.8, 4) is 0 Å². The Hall–Kier alpha value is -1.86. The van der Waals surface area contributed by atoms with Crippen LogP contribution in [0, 0.1) is 41.4 Å². The fourth-order valence-corrected chi connectivity index (χ4v) is 17.5. The Morgan fingerprint density at radius 2 is 1.18 bits per heavy atom. The van der Waals surface area contributed by atoms with Gasteiger partial charge in [-0.05, 0) is 111 Å². The van der Waals surface area contributed by atoms with E-state index in [2.05, 4.69) is 68.5 Å². The van der Waals surface area contributed by atoms with Gasteiger partial charge in [-0.2, -0.15) is 0 Å². The fourth-order valence-electron chi connectivity index (χ4n) is 17.5. The highest BCUT2D eigenvalue weighted by molar-refractivity contribution is 5.79. The molecule has 0 aromatic heterocycles. The Morgan fingerprint density at radius 1 is 0.494 bits per heavy atom. The van der Waals surface area contributed by atoms with E-state index in [1.54, 1.807) is 0 Å². The minimum atomic E-state index is -0.823. The maximum absolute atomic E-state index is 14.6. The zero-order valence-corrected chi connectivity index (χ0v) is 47.4. The molecule has 14 aliphatic heterocycles. The molecule has 77 heavy (non-hydrogen) atoms. The topological polar surface area (TPSA) is 154 Å². The molecule has 0 radical (unpaired) electrons. The second-order valence-corrected chi connectivity index (χ2v) is 27.5. The molecule has 0 aliphatic carbocycles. The van der Waals surface area contributed by atoms with Crippen LogP contribution in [0.5, 0.6) is 0 Å². The Balaban J connectivity index is 0.715. The van der Waals surface area contributed by atoms with Gasteiger partial charge in [0.2, 0.25) is 0 Å². The van der Waals surface area contributed by atoms with Crippen LogP contribution in [0.3, 0.4) is 0 Å². The Labute approximate surface area is 457 Å². The van der Waals surface area contributed by atoms with Crippen LogP contribution in [0.1, 0.15) is 171 Å². The number of carbonyl (C=O) groups is 2. The first kappa shape index (κ1) is 54.4. The van der Waals surface area contributed by atoms with Gasteiger partial charge in [0.1, 0.15) is 42.4 Å². The van der Waals surface area contributed by atoms with Crippen molar-refractivity contribution >= 4 is 11.8 Å². The van der Waals surface area contributed by atoms with Crippen molar-refractivity contribution < 1.29 is 71.2 Å². The minimum absolute atomic E-state index is 0.00104. The Kier molecular flexibility index (Phi) is 14.9. The largest absolute Gasteiger partial charge is 0.459 e. The van der Waals surface area contributed by atoms with E-state index < -0.39 is 42.1 Å². The molecule has 14 aliphatic rings. The molecule has 12 bridgehead atoms. The van der Waals surface area contributed by atoms with Gasteiger partial charge in [0.05, 0.1) is 98.0 Å². The van der Waals surface area contributed by atoms with Crippen molar-refractivity contribution in [2.75, 3.05) is 0 Å². The van der Waals surface area contributed by atoms with Crippen molar-refractivity contribution in [3.63, 3.8) is 0 Å². The number of hydrogen-bond donors (Lipinski definition) is 0. The summed E-state index contributed by atoms with van der Waals surface area (Å²) in [6, 6.07) is 0. The van der Waals surface area contributed by atoms with Gasteiger partial charge in [0.15, 0.2) is 11.6 Å². The molecule has 14 rings (SSSR count). The van der Waals surface area contributed by atoms with E-state index in [9.17, 15) is 9.59 Å². The van der Waals surface area contributed by atoms with E-state index in [0.29, 0.717) is 43.9 Å². The number of ether oxygens (including phenoxy) is 13. The van der Waals surface area contributed by atoms with Gasteiger partial charge >= 0.3 is 5.97 Å². The fraction of sp³-hybridized carbons (Fsp3) is 0.903. The number of ketones is 1. The van der Waals surface area contributed by atoms with Crippen LogP contribution in [0.15, 0.2) is 24.3 Å². The average Bonchev–Trinajstić information content (AvgIpc) is 4.15. The number of rotatable bonds is 5. The lowest BCUT2D eigenvalue weighted by atomic mass is 9.74. The molecule has 0 amide bonds. The quantitative estimate of drug-likeness (QED) is 0.190. The summed E-state index contributed by atoms with van der Waals surface area (Å²) in [5, 5.41) is 0. The maximum Gasteiger partial charge on any atom is 0.308 e. The molecule has 2 unspecified atom stereocenters. The normalized spacial score (nSPS) is 55.4. The second kappa shape index (κ2) is 21.1. The zero-order chi connectivity index (χ0) is 53.4. The molecular formula is C62H92O15. The molecule has 30 atom stereocenters. The summed E-state index contributed by atoms with van der Waals surface area (Å²) < 4.78 is 89.7. The summed E-state index contributed by atoms with van der Waals surface area (Å²) in [5.74, 6) is -0.483. The third-order valence-electron chi connectivity index (χ3n) is 22.0. The van der Waals surface area contributed by atoms with Crippen molar-refractivity contribution in [1.29, 1.82) is 0 Å². The Morgan fingerprint density at radius 3 is 2.01 bits per heavy atom. The maximum atomic E-state index is 14.6. The van der Waals surface area contributed by atoms with Crippen LogP contribution in [0.25, 0.3) is 0 Å². The van der Waals surface area contributed by atoms with Crippen LogP contribution >= 0.6 is 0 Å². The molecule has 15 heteroatoms. The van der Waals surface area contributed by atoms with Gasteiger partial charge < -0.3 is 61.6 Å². The van der Waals surface area contributed by atoms with Crippen molar-refractivity contribution in [2.45, 2.75) is 311 Å². The molecule has 430 valence electrons. The van der Waals surface area contributed by atoms with Gasteiger partial charge in [-0.3, -0.25) is 9.59 Å². The zero-order valence-electron chi connectivity index (χ0n) is 47.4. The summed E-state index contributed by atoms with van der Waals surface area (Å²) in [5.41, 5.74) is 2.18. The highest BCUT2D eigenvalue weighted by atomic mass is 16.8. The van der Waals surface area contributed by atoms with Crippen LogP contribution in [0.2, 0.25) is 0 Å². The minimum Gasteiger partial charge on any atom is -0.459 e. The predicted molar refractivity (Wildman–Crippen MR) is 280 cm³/mol. The standard InChI is InChI=1S/C62H92O15/c1-11-42-31(4)21-50-53(69-42)34(7)27-62(75-50)26-33(6)36(9)47(74-62)23-38(63)22-45-32(5)20-48-54(71-45)37(10)55-49(68-48)25-46-35(8)29(2)18-39(66-46)12-14-43-30(3)19-41(65-43)16-17-61-28-51-57(76-61)58-59(72-51)60(77-61)56-44(70-58)15-13-40(67-56)24-52(64)73-55/h29,31-34,36-37,39-51,53-60H,3,8,11-28H2,1-2,4-7,9-10H3/t29-,31-,32-,33+,34+,36+,37+,39+,40-,41+,42-,43+,44+,45-,46-,47+,48+,49+,50+,51-,53+,54+,55-,56+,57?,58+,59?,60+,61+,62-/m1/s1. The lowest BCUT2D eigenvalue weighted by Crippen LogP contribution is -2.62. The highest BCUT2D eigenvalue weighted by Crippen LogP contribution is 2.55. The number of carbonyl (C=O) groups excluding carboxylic acids is 2. The van der Waals surface area contributed by atoms with Crippen LogP contribution in [0.4, 0.5) is 0 Å². The average molecular weight is 1080 g/mol. The van der Waals surface area contributed by atoms with Crippen molar-refractivity contribution in [3.05, 3.63) is 24.3 Å². The third kappa shape index (κ3) is 10.1. The summed E-state index contributed by atoms with van der Waals surface area (Å²) >= 11 is 0. The van der Waals surface area contributed by atoms with Crippen molar-refractivity contribution in [1.82, 2.24) is 0 Å². The molecule has 14 saturated heterocycles. The molecule has 0 aromatic carbocycles. The molecule has 0 N–H and O–H groups in total. The number of esters is 1. The number of Topliss-reactive ketones (excluding diaryl/α,β-unsaturated/α-hetero) is 1. The van der Waals surface area contributed by atoms with E-state index in [0.717, 1.165) is 81.8 Å². The smallest absolute Gasteiger partial charge is 0.308 e.